The van der Waals surface area contributed by atoms with Crippen molar-refractivity contribution in [1.29, 1.82) is 0 Å². The van der Waals surface area contributed by atoms with Crippen molar-refractivity contribution in [2.75, 3.05) is 18.1 Å². The second kappa shape index (κ2) is 10.8. The van der Waals surface area contributed by atoms with E-state index in [9.17, 15) is 14.4 Å². The number of nitrogens with one attached hydrogen (secondary N) is 1. The maximum atomic E-state index is 13.7. The number of urea groups is 1. The van der Waals surface area contributed by atoms with Crippen LogP contribution in [0.5, 0.6) is 0 Å². The van der Waals surface area contributed by atoms with Crippen molar-refractivity contribution < 1.29 is 19.1 Å². The van der Waals surface area contributed by atoms with Gasteiger partial charge in [-0.2, -0.15) is 5.10 Å². The van der Waals surface area contributed by atoms with Gasteiger partial charge in [-0.3, -0.25) is 4.79 Å². The SMILES string of the molecule is CCOC(=O)C(C)NC(=O)N1Cc2ccccc2N(C(=O)c2ccc(-n3cccn3)cc2Cl)C[C@H]1C. The molecule has 4 rings (SSSR count). The molecule has 1 aliphatic heterocycles. The van der Waals surface area contributed by atoms with E-state index in [1.165, 1.54) is 0 Å². The van der Waals surface area contributed by atoms with E-state index in [-0.39, 0.29) is 31.6 Å². The fraction of sp³-hybridized carbons (Fsp3) is 0.308. The lowest BCUT2D eigenvalue weighted by atomic mass is 10.1. The van der Waals surface area contributed by atoms with Gasteiger partial charge in [-0.05, 0) is 56.7 Å². The zero-order valence-electron chi connectivity index (χ0n) is 20.3. The van der Waals surface area contributed by atoms with Crippen LogP contribution in [-0.2, 0) is 16.1 Å². The predicted molar refractivity (Wildman–Crippen MR) is 136 cm³/mol. The number of benzene rings is 2. The molecular weight excluding hydrogens is 482 g/mol. The molecule has 1 aliphatic rings. The molecule has 0 fully saturated rings. The molecule has 0 bridgehead atoms. The Bertz CT molecular complexity index is 1260. The lowest BCUT2D eigenvalue weighted by molar-refractivity contribution is -0.144. The first-order valence-corrected chi connectivity index (χ1v) is 12.1. The first-order chi connectivity index (χ1) is 17.3. The Balaban J connectivity index is 1.60. The lowest BCUT2D eigenvalue weighted by Gasteiger charge is -2.30. The van der Waals surface area contributed by atoms with Gasteiger partial charge in [-0.15, -0.1) is 0 Å². The molecule has 2 aromatic carbocycles. The topological polar surface area (TPSA) is 96.8 Å². The Labute approximate surface area is 214 Å². The van der Waals surface area contributed by atoms with E-state index in [1.54, 1.807) is 65.0 Å². The number of fused-ring (bicyclic) bond motifs is 1. The molecule has 0 radical (unpaired) electrons. The minimum atomic E-state index is -0.798. The Kier molecular flexibility index (Phi) is 7.59. The molecule has 2 heterocycles. The number of aromatic nitrogens is 2. The van der Waals surface area contributed by atoms with Crippen molar-refractivity contribution in [2.45, 2.75) is 39.4 Å². The Morgan fingerprint density at radius 2 is 1.97 bits per heavy atom. The number of carbonyl (C=O) groups excluding carboxylic acids is 3. The van der Waals surface area contributed by atoms with Gasteiger partial charge in [0.05, 0.1) is 22.9 Å². The number of ether oxygens (including phenoxy) is 1. The highest BCUT2D eigenvalue weighted by Gasteiger charge is 2.33. The molecule has 0 saturated carbocycles. The molecule has 1 N–H and O–H groups in total. The van der Waals surface area contributed by atoms with Crippen molar-refractivity contribution in [1.82, 2.24) is 20.0 Å². The van der Waals surface area contributed by atoms with Crippen LogP contribution in [-0.4, -0.2) is 57.8 Å². The standard InChI is InChI=1S/C26H28ClN5O4/c1-4-36-25(34)18(3)29-26(35)30-16-19-8-5-6-9-23(19)31(15-17(30)2)24(33)21-11-10-20(14-22(21)27)32-13-7-12-28-32/h5-14,17-18H,4,15-16H2,1-3H3,(H,29,35)/t17-,18?/m1/s1. The van der Waals surface area contributed by atoms with Gasteiger partial charge >= 0.3 is 12.0 Å². The molecule has 1 unspecified atom stereocenters. The zero-order valence-corrected chi connectivity index (χ0v) is 21.1. The minimum absolute atomic E-state index is 0.231. The number of anilines is 1. The molecule has 1 aromatic heterocycles. The van der Waals surface area contributed by atoms with E-state index in [4.69, 9.17) is 16.3 Å². The van der Waals surface area contributed by atoms with Crippen LogP contribution >= 0.6 is 11.6 Å². The van der Waals surface area contributed by atoms with E-state index < -0.39 is 18.0 Å². The fourth-order valence-corrected chi connectivity index (χ4v) is 4.41. The molecule has 2 atom stereocenters. The van der Waals surface area contributed by atoms with Crippen LogP contribution in [0.15, 0.2) is 60.9 Å². The average Bonchev–Trinajstić information content (AvgIpc) is 3.36. The molecule has 0 aliphatic carbocycles. The van der Waals surface area contributed by atoms with Crippen LogP contribution in [0.2, 0.25) is 5.02 Å². The van der Waals surface area contributed by atoms with Crippen LogP contribution in [0.25, 0.3) is 5.69 Å². The number of hydrogen-bond acceptors (Lipinski definition) is 5. The smallest absolute Gasteiger partial charge is 0.328 e. The monoisotopic (exact) mass is 509 g/mol. The predicted octanol–water partition coefficient (Wildman–Crippen LogP) is 4.04. The fourth-order valence-electron chi connectivity index (χ4n) is 4.15. The molecule has 10 heteroatoms. The average molecular weight is 510 g/mol. The van der Waals surface area contributed by atoms with Crippen LogP contribution in [0.4, 0.5) is 10.5 Å². The van der Waals surface area contributed by atoms with Gasteiger partial charge in [0.15, 0.2) is 0 Å². The number of hydrogen-bond donors (Lipinski definition) is 1. The second-order valence-electron chi connectivity index (χ2n) is 8.56. The zero-order chi connectivity index (χ0) is 25.8. The van der Waals surface area contributed by atoms with E-state index in [2.05, 4.69) is 10.4 Å². The number of para-hydroxylation sites is 1. The third-order valence-corrected chi connectivity index (χ3v) is 6.35. The van der Waals surface area contributed by atoms with Crippen molar-refractivity contribution in [3.05, 3.63) is 77.1 Å². The van der Waals surface area contributed by atoms with Crippen molar-refractivity contribution in [3.63, 3.8) is 0 Å². The summed E-state index contributed by atoms with van der Waals surface area (Å²) in [7, 11) is 0. The molecular formula is C26H28ClN5O4. The lowest BCUT2D eigenvalue weighted by Crippen LogP contribution is -2.51. The number of carbonyl (C=O) groups is 3. The normalized spacial score (nSPS) is 16.1. The summed E-state index contributed by atoms with van der Waals surface area (Å²) >= 11 is 6.55. The number of esters is 1. The summed E-state index contributed by atoms with van der Waals surface area (Å²) in [6, 6.07) is 12.9. The van der Waals surface area contributed by atoms with Crippen molar-refractivity contribution >= 4 is 35.2 Å². The molecule has 3 amide bonds. The third-order valence-electron chi connectivity index (χ3n) is 6.04. The highest BCUT2D eigenvalue weighted by atomic mass is 35.5. The first kappa shape index (κ1) is 25.2. The van der Waals surface area contributed by atoms with E-state index >= 15 is 0 Å². The summed E-state index contributed by atoms with van der Waals surface area (Å²) < 4.78 is 6.66. The van der Waals surface area contributed by atoms with Gasteiger partial charge in [-0.25, -0.2) is 14.3 Å². The van der Waals surface area contributed by atoms with Crippen LogP contribution in [0.1, 0.15) is 36.7 Å². The van der Waals surface area contributed by atoms with Gasteiger partial charge in [0.1, 0.15) is 6.04 Å². The minimum Gasteiger partial charge on any atom is -0.464 e. The van der Waals surface area contributed by atoms with Gasteiger partial charge in [0.2, 0.25) is 0 Å². The van der Waals surface area contributed by atoms with Gasteiger partial charge < -0.3 is 19.9 Å². The summed E-state index contributed by atoms with van der Waals surface area (Å²) in [6.07, 6.45) is 3.46. The summed E-state index contributed by atoms with van der Waals surface area (Å²) in [5.41, 5.74) is 2.60. The highest BCUT2D eigenvalue weighted by Crippen LogP contribution is 2.30. The van der Waals surface area contributed by atoms with Gasteiger partial charge in [0, 0.05) is 37.2 Å². The van der Waals surface area contributed by atoms with Crippen LogP contribution < -0.4 is 10.2 Å². The first-order valence-electron chi connectivity index (χ1n) is 11.7. The quantitative estimate of drug-likeness (QED) is 0.524. The summed E-state index contributed by atoms with van der Waals surface area (Å²) in [5.74, 6) is -0.771. The Morgan fingerprint density at radius 3 is 2.67 bits per heavy atom. The Morgan fingerprint density at radius 1 is 1.19 bits per heavy atom. The van der Waals surface area contributed by atoms with Gasteiger partial charge in [0.25, 0.3) is 5.91 Å². The van der Waals surface area contributed by atoms with Gasteiger partial charge in [-0.1, -0.05) is 29.8 Å². The summed E-state index contributed by atoms with van der Waals surface area (Å²) in [6.45, 7) is 5.90. The molecule has 188 valence electrons. The molecule has 0 saturated heterocycles. The molecule has 0 spiro atoms. The second-order valence-corrected chi connectivity index (χ2v) is 8.97. The third kappa shape index (κ3) is 5.21. The maximum Gasteiger partial charge on any atom is 0.328 e. The van der Waals surface area contributed by atoms with Crippen molar-refractivity contribution in [2.24, 2.45) is 0 Å². The van der Waals surface area contributed by atoms with Crippen LogP contribution in [0.3, 0.4) is 0 Å². The molecule has 36 heavy (non-hydrogen) atoms. The number of halogens is 1. The number of nitrogens with zero attached hydrogens (tertiary/aromatic N) is 4. The Hall–Kier alpha value is -3.85. The number of amides is 3. The number of rotatable bonds is 5. The highest BCUT2D eigenvalue weighted by molar-refractivity contribution is 6.34. The summed E-state index contributed by atoms with van der Waals surface area (Å²) in [4.78, 5) is 42.1. The maximum absolute atomic E-state index is 13.7. The van der Waals surface area contributed by atoms with E-state index in [1.807, 2.05) is 31.2 Å². The van der Waals surface area contributed by atoms with E-state index in [0.29, 0.717) is 16.3 Å². The summed E-state index contributed by atoms with van der Waals surface area (Å²) in [5, 5.41) is 7.21. The molecule has 3 aromatic rings. The van der Waals surface area contributed by atoms with Crippen LogP contribution in [0, 0.1) is 0 Å². The largest absolute Gasteiger partial charge is 0.464 e. The van der Waals surface area contributed by atoms with Crippen molar-refractivity contribution in [3.8, 4) is 5.69 Å². The molecule has 9 nitrogen and oxygen atoms in total. The van der Waals surface area contributed by atoms with E-state index in [0.717, 1.165) is 11.3 Å².